The van der Waals surface area contributed by atoms with Gasteiger partial charge in [0.2, 0.25) is 5.91 Å². The van der Waals surface area contributed by atoms with Crippen molar-refractivity contribution >= 4 is 27.3 Å². The molecule has 6 nitrogen and oxygen atoms in total. The Morgan fingerprint density at radius 2 is 2.06 bits per heavy atom. The van der Waals surface area contributed by atoms with Gasteiger partial charge in [-0.05, 0) is 0 Å². The maximum Gasteiger partial charge on any atom is 0.224 e. The third kappa shape index (κ3) is 3.46. The first-order valence-corrected chi connectivity index (χ1v) is 7.82. The molecule has 8 heteroatoms. The number of carbonyl (C=O) groups is 1. The minimum Gasteiger partial charge on any atom is -0.341 e. The van der Waals surface area contributed by atoms with E-state index in [9.17, 15) is 13.2 Å². The predicted octanol–water partition coefficient (Wildman–Crippen LogP) is 0.184. The zero-order valence-electron chi connectivity index (χ0n) is 9.75. The zero-order valence-corrected chi connectivity index (χ0v) is 11.3. The molecule has 1 aromatic rings. The Balaban J connectivity index is 1.82. The number of aryl methyl sites for hydroxylation is 1. The Bertz CT molecular complexity index is 526. The van der Waals surface area contributed by atoms with Gasteiger partial charge in [-0.3, -0.25) is 9.48 Å². The molecule has 0 aliphatic carbocycles. The van der Waals surface area contributed by atoms with Crippen LogP contribution < -0.4 is 0 Å². The van der Waals surface area contributed by atoms with Crippen LogP contribution >= 0.6 is 11.6 Å². The van der Waals surface area contributed by atoms with Crippen LogP contribution in [0.15, 0.2) is 12.4 Å². The number of carbonyl (C=O) groups excluding carboxylic acids is 1. The smallest absolute Gasteiger partial charge is 0.224 e. The molecule has 1 fully saturated rings. The van der Waals surface area contributed by atoms with Crippen molar-refractivity contribution in [1.82, 2.24) is 14.7 Å². The van der Waals surface area contributed by atoms with E-state index in [-0.39, 0.29) is 17.4 Å². The highest BCUT2D eigenvalue weighted by Crippen LogP contribution is 2.08. The van der Waals surface area contributed by atoms with E-state index in [4.69, 9.17) is 11.6 Å². The molecular weight excluding hydrogens is 278 g/mol. The van der Waals surface area contributed by atoms with E-state index in [0.717, 1.165) is 0 Å². The number of sulfone groups is 1. The molecule has 0 unspecified atom stereocenters. The highest BCUT2D eigenvalue weighted by atomic mass is 35.5. The monoisotopic (exact) mass is 291 g/mol. The third-order valence-electron chi connectivity index (χ3n) is 2.85. The maximum absolute atomic E-state index is 11.8. The first-order valence-electron chi connectivity index (χ1n) is 5.62. The van der Waals surface area contributed by atoms with Crippen molar-refractivity contribution in [3.8, 4) is 0 Å². The van der Waals surface area contributed by atoms with Gasteiger partial charge < -0.3 is 4.90 Å². The SMILES string of the molecule is O=C(CCn1cc(Cl)cn1)N1CCS(=O)(=O)CC1. The third-order valence-corrected chi connectivity index (χ3v) is 4.66. The van der Waals surface area contributed by atoms with E-state index >= 15 is 0 Å². The van der Waals surface area contributed by atoms with Crippen molar-refractivity contribution in [3.63, 3.8) is 0 Å². The number of nitrogens with zero attached hydrogens (tertiary/aromatic N) is 3. The lowest BCUT2D eigenvalue weighted by molar-refractivity contribution is -0.131. The van der Waals surface area contributed by atoms with Crippen molar-refractivity contribution in [2.75, 3.05) is 24.6 Å². The lowest BCUT2D eigenvalue weighted by Gasteiger charge is -2.26. The molecule has 0 atom stereocenters. The van der Waals surface area contributed by atoms with E-state index < -0.39 is 9.84 Å². The summed E-state index contributed by atoms with van der Waals surface area (Å²) in [5.41, 5.74) is 0. The van der Waals surface area contributed by atoms with Crippen molar-refractivity contribution in [2.45, 2.75) is 13.0 Å². The van der Waals surface area contributed by atoms with Gasteiger partial charge >= 0.3 is 0 Å². The Kier molecular flexibility index (Phi) is 3.91. The fourth-order valence-corrected chi connectivity index (χ4v) is 3.15. The number of aromatic nitrogens is 2. The van der Waals surface area contributed by atoms with Crippen LogP contribution in [0.4, 0.5) is 0 Å². The summed E-state index contributed by atoms with van der Waals surface area (Å²) >= 11 is 5.71. The molecule has 0 N–H and O–H groups in total. The van der Waals surface area contributed by atoms with Crippen LogP contribution in [0.25, 0.3) is 0 Å². The van der Waals surface area contributed by atoms with Crippen LogP contribution in [0.3, 0.4) is 0 Å². The molecule has 0 radical (unpaired) electrons. The molecule has 1 saturated heterocycles. The standard InChI is InChI=1S/C10H14ClN3O3S/c11-9-7-12-14(8-9)2-1-10(15)13-3-5-18(16,17)6-4-13/h7-8H,1-6H2. The number of hydrogen-bond donors (Lipinski definition) is 0. The molecule has 2 heterocycles. The van der Waals surface area contributed by atoms with E-state index in [1.807, 2.05) is 0 Å². The molecule has 0 saturated carbocycles. The van der Waals surface area contributed by atoms with Crippen molar-refractivity contribution in [1.29, 1.82) is 0 Å². The van der Waals surface area contributed by atoms with Crippen LogP contribution in [0.5, 0.6) is 0 Å². The van der Waals surface area contributed by atoms with E-state index in [0.29, 0.717) is 31.1 Å². The summed E-state index contributed by atoms with van der Waals surface area (Å²) in [6.07, 6.45) is 3.47. The molecule has 1 amide bonds. The second-order valence-corrected chi connectivity index (χ2v) is 6.94. The Morgan fingerprint density at radius 1 is 1.39 bits per heavy atom. The zero-order chi connectivity index (χ0) is 13.2. The molecule has 1 aromatic heterocycles. The summed E-state index contributed by atoms with van der Waals surface area (Å²) in [5, 5.41) is 4.51. The number of hydrogen-bond acceptors (Lipinski definition) is 4. The Hall–Kier alpha value is -1.08. The molecular formula is C10H14ClN3O3S. The van der Waals surface area contributed by atoms with Crippen LogP contribution in [0.2, 0.25) is 5.02 Å². The van der Waals surface area contributed by atoms with Gasteiger partial charge in [0.05, 0.1) is 22.7 Å². The molecule has 1 aliphatic heterocycles. The molecule has 0 spiro atoms. The van der Waals surface area contributed by atoms with Gasteiger partial charge in [0.25, 0.3) is 0 Å². The molecule has 100 valence electrons. The molecule has 2 rings (SSSR count). The lowest BCUT2D eigenvalue weighted by atomic mass is 10.3. The van der Waals surface area contributed by atoms with Crippen molar-refractivity contribution in [2.24, 2.45) is 0 Å². The van der Waals surface area contributed by atoms with Crippen LogP contribution in [0.1, 0.15) is 6.42 Å². The number of halogens is 1. The summed E-state index contributed by atoms with van der Waals surface area (Å²) in [5.74, 6) is 0.0788. The minimum absolute atomic E-state index is 0.0449. The lowest BCUT2D eigenvalue weighted by Crippen LogP contribution is -2.43. The fraction of sp³-hybridized carbons (Fsp3) is 0.600. The van der Waals surface area contributed by atoms with Gasteiger partial charge in [-0.1, -0.05) is 11.6 Å². The van der Waals surface area contributed by atoms with Gasteiger partial charge in [-0.15, -0.1) is 0 Å². The fourth-order valence-electron chi connectivity index (χ4n) is 1.79. The summed E-state index contributed by atoms with van der Waals surface area (Å²) in [7, 11) is -2.94. The van der Waals surface area contributed by atoms with Crippen molar-refractivity contribution < 1.29 is 13.2 Å². The number of rotatable bonds is 3. The first-order chi connectivity index (χ1) is 8.46. The Morgan fingerprint density at radius 3 is 2.61 bits per heavy atom. The largest absolute Gasteiger partial charge is 0.341 e. The van der Waals surface area contributed by atoms with E-state index in [1.54, 1.807) is 15.8 Å². The molecule has 1 aliphatic rings. The van der Waals surface area contributed by atoms with Crippen molar-refractivity contribution in [3.05, 3.63) is 17.4 Å². The normalized spacial score (nSPS) is 18.8. The second kappa shape index (κ2) is 5.27. The van der Waals surface area contributed by atoms with Gasteiger partial charge in [0, 0.05) is 32.3 Å². The summed E-state index contributed by atoms with van der Waals surface area (Å²) in [4.78, 5) is 13.4. The average molecular weight is 292 g/mol. The number of amides is 1. The topological polar surface area (TPSA) is 72.3 Å². The van der Waals surface area contributed by atoms with Gasteiger partial charge in [0.1, 0.15) is 0 Å². The van der Waals surface area contributed by atoms with E-state index in [2.05, 4.69) is 5.10 Å². The quantitative estimate of drug-likeness (QED) is 0.797. The van der Waals surface area contributed by atoms with Gasteiger partial charge in [-0.25, -0.2) is 8.42 Å². The summed E-state index contributed by atoms with van der Waals surface area (Å²) in [6, 6.07) is 0. The first kappa shape index (κ1) is 13.4. The van der Waals surface area contributed by atoms with Crippen LogP contribution in [-0.2, 0) is 21.2 Å². The second-order valence-electron chi connectivity index (χ2n) is 4.20. The molecule has 0 aromatic carbocycles. The Labute approximate surface area is 110 Å². The predicted molar refractivity (Wildman–Crippen MR) is 67.1 cm³/mol. The molecule has 0 bridgehead atoms. The van der Waals surface area contributed by atoms with Crippen LogP contribution in [0, 0.1) is 0 Å². The minimum atomic E-state index is -2.94. The highest BCUT2D eigenvalue weighted by Gasteiger charge is 2.24. The van der Waals surface area contributed by atoms with E-state index in [1.165, 1.54) is 6.20 Å². The summed E-state index contributed by atoms with van der Waals surface area (Å²) < 4.78 is 24.1. The highest BCUT2D eigenvalue weighted by molar-refractivity contribution is 7.91. The average Bonchev–Trinajstić information content (AvgIpc) is 2.72. The summed E-state index contributed by atoms with van der Waals surface area (Å²) in [6.45, 7) is 1.04. The van der Waals surface area contributed by atoms with Crippen LogP contribution in [-0.4, -0.2) is 53.6 Å². The molecule has 18 heavy (non-hydrogen) atoms. The van der Waals surface area contributed by atoms with Gasteiger partial charge in [0.15, 0.2) is 9.84 Å². The van der Waals surface area contributed by atoms with Gasteiger partial charge in [-0.2, -0.15) is 5.10 Å². The maximum atomic E-state index is 11.8.